The van der Waals surface area contributed by atoms with Crippen LogP contribution in [0.5, 0.6) is 0 Å². The van der Waals surface area contributed by atoms with E-state index in [1.165, 1.54) is 0 Å². The highest BCUT2D eigenvalue weighted by atomic mass is 16.5. The van der Waals surface area contributed by atoms with Crippen molar-refractivity contribution in [3.63, 3.8) is 0 Å². The Balaban J connectivity index is 2.31. The first-order chi connectivity index (χ1) is 7.65. The predicted molar refractivity (Wildman–Crippen MR) is 66.5 cm³/mol. The van der Waals surface area contributed by atoms with Crippen LogP contribution in [0.3, 0.4) is 0 Å². The van der Waals surface area contributed by atoms with E-state index in [9.17, 15) is 5.11 Å². The van der Waals surface area contributed by atoms with Gasteiger partial charge in [-0.1, -0.05) is 6.08 Å². The normalized spacial score (nSPS) is 24.6. The first-order valence-electron chi connectivity index (χ1n) is 6.29. The van der Waals surface area contributed by atoms with Gasteiger partial charge in [-0.2, -0.15) is 0 Å². The second kappa shape index (κ2) is 7.05. The number of aliphatic hydroxyl groups excluding tert-OH is 1. The Hall–Kier alpha value is -0.380. The van der Waals surface area contributed by atoms with Crippen molar-refractivity contribution in [1.82, 2.24) is 4.90 Å². The molecule has 3 heteroatoms. The molecule has 3 nitrogen and oxygen atoms in total. The standard InChI is InChI=1S/C13H25NO2/c1-4-5-6-7-12(15)13-10-14(11(2)3)8-9-16-13/h4,11-13,15H,1,5-10H2,2-3H3. The number of morpholine rings is 1. The number of ether oxygens (including phenoxy) is 1. The highest BCUT2D eigenvalue weighted by molar-refractivity contribution is 4.80. The van der Waals surface area contributed by atoms with Gasteiger partial charge in [-0.15, -0.1) is 6.58 Å². The average molecular weight is 227 g/mol. The third-order valence-corrected chi connectivity index (χ3v) is 3.19. The van der Waals surface area contributed by atoms with Crippen molar-refractivity contribution in [3.8, 4) is 0 Å². The van der Waals surface area contributed by atoms with Crippen LogP contribution in [-0.2, 0) is 4.74 Å². The summed E-state index contributed by atoms with van der Waals surface area (Å²) in [4.78, 5) is 2.37. The Morgan fingerprint density at radius 1 is 1.56 bits per heavy atom. The van der Waals surface area contributed by atoms with Crippen LogP contribution in [0.15, 0.2) is 12.7 Å². The molecule has 2 atom stereocenters. The lowest BCUT2D eigenvalue weighted by Gasteiger charge is -2.37. The first-order valence-corrected chi connectivity index (χ1v) is 6.29. The number of allylic oxidation sites excluding steroid dienone is 1. The number of aliphatic hydroxyl groups is 1. The predicted octanol–water partition coefficient (Wildman–Crippen LogP) is 1.81. The van der Waals surface area contributed by atoms with E-state index >= 15 is 0 Å². The Bertz CT molecular complexity index is 206. The quantitative estimate of drug-likeness (QED) is 0.555. The largest absolute Gasteiger partial charge is 0.390 e. The third kappa shape index (κ3) is 4.24. The van der Waals surface area contributed by atoms with Crippen molar-refractivity contribution in [2.75, 3.05) is 19.7 Å². The van der Waals surface area contributed by atoms with Gasteiger partial charge in [0.15, 0.2) is 0 Å². The van der Waals surface area contributed by atoms with Gasteiger partial charge in [-0.25, -0.2) is 0 Å². The SMILES string of the molecule is C=CCCCC(O)C1CN(C(C)C)CCO1. The summed E-state index contributed by atoms with van der Waals surface area (Å²) < 4.78 is 5.63. The molecule has 0 amide bonds. The molecule has 0 aromatic rings. The lowest BCUT2D eigenvalue weighted by Crippen LogP contribution is -2.50. The lowest BCUT2D eigenvalue weighted by molar-refractivity contribution is -0.0966. The second-order valence-electron chi connectivity index (χ2n) is 4.78. The van der Waals surface area contributed by atoms with E-state index in [1.807, 2.05) is 6.08 Å². The molecule has 0 spiro atoms. The lowest BCUT2D eigenvalue weighted by atomic mass is 10.0. The summed E-state index contributed by atoms with van der Waals surface area (Å²) in [7, 11) is 0. The van der Waals surface area contributed by atoms with Crippen molar-refractivity contribution >= 4 is 0 Å². The molecule has 1 N–H and O–H groups in total. The van der Waals surface area contributed by atoms with Crippen LogP contribution in [0.1, 0.15) is 33.1 Å². The minimum atomic E-state index is -0.332. The van der Waals surface area contributed by atoms with Gasteiger partial charge < -0.3 is 9.84 Å². The van der Waals surface area contributed by atoms with Gasteiger partial charge in [-0.05, 0) is 33.1 Å². The van der Waals surface area contributed by atoms with E-state index in [0.29, 0.717) is 6.04 Å². The van der Waals surface area contributed by atoms with E-state index in [4.69, 9.17) is 4.74 Å². The van der Waals surface area contributed by atoms with Crippen LogP contribution in [0.2, 0.25) is 0 Å². The van der Waals surface area contributed by atoms with Gasteiger partial charge in [0.1, 0.15) is 0 Å². The van der Waals surface area contributed by atoms with Gasteiger partial charge in [0.05, 0.1) is 18.8 Å². The summed E-state index contributed by atoms with van der Waals surface area (Å²) in [5.74, 6) is 0. The van der Waals surface area contributed by atoms with Gasteiger partial charge in [0.2, 0.25) is 0 Å². The Morgan fingerprint density at radius 3 is 2.94 bits per heavy atom. The van der Waals surface area contributed by atoms with Crippen LogP contribution in [0, 0.1) is 0 Å². The summed E-state index contributed by atoms with van der Waals surface area (Å²) >= 11 is 0. The number of hydrogen-bond acceptors (Lipinski definition) is 3. The van der Waals surface area contributed by atoms with E-state index < -0.39 is 0 Å². The average Bonchev–Trinajstić information content (AvgIpc) is 2.29. The fourth-order valence-electron chi connectivity index (χ4n) is 2.06. The summed E-state index contributed by atoms with van der Waals surface area (Å²) in [6.07, 6.45) is 4.32. The maximum Gasteiger partial charge on any atom is 0.0961 e. The maximum absolute atomic E-state index is 10.0. The van der Waals surface area contributed by atoms with Gasteiger partial charge in [-0.3, -0.25) is 4.90 Å². The van der Waals surface area contributed by atoms with Crippen LogP contribution in [-0.4, -0.2) is 48.0 Å². The van der Waals surface area contributed by atoms with Crippen molar-refractivity contribution in [3.05, 3.63) is 12.7 Å². The molecule has 0 saturated carbocycles. The van der Waals surface area contributed by atoms with Gasteiger partial charge in [0.25, 0.3) is 0 Å². The zero-order chi connectivity index (χ0) is 12.0. The zero-order valence-corrected chi connectivity index (χ0v) is 10.6. The highest BCUT2D eigenvalue weighted by Gasteiger charge is 2.27. The summed E-state index contributed by atoms with van der Waals surface area (Å²) in [5, 5.41) is 10.0. The van der Waals surface area contributed by atoms with E-state index in [1.54, 1.807) is 0 Å². The van der Waals surface area contributed by atoms with E-state index in [0.717, 1.165) is 39.0 Å². The Morgan fingerprint density at radius 2 is 2.31 bits per heavy atom. The molecule has 0 aromatic heterocycles. The zero-order valence-electron chi connectivity index (χ0n) is 10.6. The molecule has 1 saturated heterocycles. The molecule has 16 heavy (non-hydrogen) atoms. The molecule has 1 aliphatic rings. The summed E-state index contributed by atoms with van der Waals surface area (Å²) in [5.41, 5.74) is 0. The fraction of sp³-hybridized carbons (Fsp3) is 0.846. The molecule has 0 aromatic carbocycles. The molecule has 0 aliphatic carbocycles. The number of nitrogens with zero attached hydrogens (tertiary/aromatic N) is 1. The van der Waals surface area contributed by atoms with Crippen LogP contribution in [0.25, 0.3) is 0 Å². The fourth-order valence-corrected chi connectivity index (χ4v) is 2.06. The highest BCUT2D eigenvalue weighted by Crippen LogP contribution is 2.15. The third-order valence-electron chi connectivity index (χ3n) is 3.19. The second-order valence-corrected chi connectivity index (χ2v) is 4.78. The number of hydrogen-bond donors (Lipinski definition) is 1. The smallest absolute Gasteiger partial charge is 0.0961 e. The first kappa shape index (κ1) is 13.7. The molecule has 1 aliphatic heterocycles. The van der Waals surface area contributed by atoms with E-state index in [-0.39, 0.29) is 12.2 Å². The minimum Gasteiger partial charge on any atom is -0.390 e. The van der Waals surface area contributed by atoms with Crippen molar-refractivity contribution < 1.29 is 9.84 Å². The van der Waals surface area contributed by atoms with Crippen molar-refractivity contribution in [2.24, 2.45) is 0 Å². The number of rotatable bonds is 6. The van der Waals surface area contributed by atoms with Crippen LogP contribution >= 0.6 is 0 Å². The van der Waals surface area contributed by atoms with E-state index in [2.05, 4.69) is 25.3 Å². The molecule has 94 valence electrons. The number of unbranched alkanes of at least 4 members (excludes halogenated alkanes) is 1. The Labute approximate surface area is 99.1 Å². The molecule has 2 unspecified atom stereocenters. The van der Waals surface area contributed by atoms with Gasteiger partial charge >= 0.3 is 0 Å². The van der Waals surface area contributed by atoms with Crippen molar-refractivity contribution in [2.45, 2.75) is 51.4 Å². The Kier molecular flexibility index (Phi) is 6.03. The minimum absolute atomic E-state index is 0.0130. The molecule has 1 rings (SSSR count). The maximum atomic E-state index is 10.0. The molecular weight excluding hydrogens is 202 g/mol. The summed E-state index contributed by atoms with van der Waals surface area (Å²) in [6.45, 7) is 10.6. The molecular formula is C13H25NO2. The van der Waals surface area contributed by atoms with Crippen LogP contribution in [0.4, 0.5) is 0 Å². The van der Waals surface area contributed by atoms with Gasteiger partial charge in [0, 0.05) is 19.1 Å². The summed E-state index contributed by atoms with van der Waals surface area (Å²) in [6, 6.07) is 0.534. The molecule has 1 fully saturated rings. The van der Waals surface area contributed by atoms with Crippen molar-refractivity contribution in [1.29, 1.82) is 0 Å². The van der Waals surface area contributed by atoms with Crippen LogP contribution < -0.4 is 0 Å². The topological polar surface area (TPSA) is 32.7 Å². The molecule has 0 radical (unpaired) electrons. The molecule has 0 bridgehead atoms. The monoisotopic (exact) mass is 227 g/mol. The molecule has 1 heterocycles.